The molecule has 0 saturated carbocycles. The van der Waals surface area contributed by atoms with Gasteiger partial charge in [0.1, 0.15) is 0 Å². The maximum absolute atomic E-state index is 13.2. The SMILES string of the molecule is Cl.O=C(C1CC(F)(F)CN1)N1CCCC(Cn2ccnn2)C1. The van der Waals surface area contributed by atoms with E-state index >= 15 is 0 Å². The molecule has 22 heavy (non-hydrogen) atoms. The number of hydrogen-bond donors (Lipinski definition) is 1. The van der Waals surface area contributed by atoms with Crippen molar-refractivity contribution in [3.8, 4) is 0 Å². The molecule has 0 radical (unpaired) electrons. The number of hydrogen-bond acceptors (Lipinski definition) is 4. The quantitative estimate of drug-likeness (QED) is 0.893. The zero-order valence-corrected chi connectivity index (χ0v) is 12.9. The summed E-state index contributed by atoms with van der Waals surface area (Å²) in [5, 5.41) is 10.3. The Hall–Kier alpha value is -1.28. The number of piperidine rings is 1. The lowest BCUT2D eigenvalue weighted by atomic mass is 9.97. The second-order valence-electron chi connectivity index (χ2n) is 5.91. The summed E-state index contributed by atoms with van der Waals surface area (Å²) in [6, 6.07) is -0.745. The molecule has 0 aromatic carbocycles. The van der Waals surface area contributed by atoms with Crippen LogP contribution >= 0.6 is 12.4 Å². The van der Waals surface area contributed by atoms with Crippen LogP contribution in [-0.2, 0) is 11.3 Å². The molecule has 0 aliphatic carbocycles. The molecule has 1 aromatic rings. The molecule has 2 saturated heterocycles. The van der Waals surface area contributed by atoms with Crippen LogP contribution in [0.4, 0.5) is 8.78 Å². The van der Waals surface area contributed by atoms with E-state index in [9.17, 15) is 13.6 Å². The van der Waals surface area contributed by atoms with Gasteiger partial charge in [-0.2, -0.15) is 0 Å². The van der Waals surface area contributed by atoms with Gasteiger partial charge in [-0.3, -0.25) is 14.8 Å². The Morgan fingerprint density at radius 1 is 1.45 bits per heavy atom. The molecule has 2 atom stereocenters. The Labute approximate surface area is 133 Å². The Morgan fingerprint density at radius 2 is 2.27 bits per heavy atom. The minimum absolute atomic E-state index is 0. The van der Waals surface area contributed by atoms with Crippen LogP contribution < -0.4 is 5.32 Å². The maximum atomic E-state index is 13.2. The van der Waals surface area contributed by atoms with Crippen molar-refractivity contribution in [1.82, 2.24) is 25.2 Å². The summed E-state index contributed by atoms with van der Waals surface area (Å²) in [6.45, 7) is 1.55. The number of amides is 1. The van der Waals surface area contributed by atoms with Crippen LogP contribution in [0.5, 0.6) is 0 Å². The number of carbonyl (C=O) groups is 1. The van der Waals surface area contributed by atoms with Crippen LogP contribution in [0.15, 0.2) is 12.4 Å². The minimum atomic E-state index is -2.77. The molecule has 124 valence electrons. The van der Waals surface area contributed by atoms with Gasteiger partial charge in [-0.1, -0.05) is 5.21 Å². The fourth-order valence-electron chi connectivity index (χ4n) is 3.12. The molecule has 3 heterocycles. The molecule has 0 bridgehead atoms. The Bertz CT molecular complexity index is 499. The van der Waals surface area contributed by atoms with E-state index in [1.165, 1.54) is 0 Å². The van der Waals surface area contributed by atoms with E-state index in [1.807, 2.05) is 0 Å². The summed E-state index contributed by atoms with van der Waals surface area (Å²) in [5.41, 5.74) is 0. The van der Waals surface area contributed by atoms with Crippen molar-refractivity contribution < 1.29 is 13.6 Å². The van der Waals surface area contributed by atoms with Gasteiger partial charge in [0.2, 0.25) is 5.91 Å². The average Bonchev–Trinajstić information content (AvgIpc) is 3.08. The van der Waals surface area contributed by atoms with Gasteiger partial charge in [0.05, 0.1) is 18.8 Å². The molecule has 2 fully saturated rings. The third-order valence-corrected chi connectivity index (χ3v) is 4.16. The van der Waals surface area contributed by atoms with E-state index < -0.39 is 24.9 Å². The van der Waals surface area contributed by atoms with Crippen molar-refractivity contribution in [2.24, 2.45) is 5.92 Å². The summed E-state index contributed by atoms with van der Waals surface area (Å²) >= 11 is 0. The number of nitrogens with zero attached hydrogens (tertiary/aromatic N) is 4. The first-order valence-electron chi connectivity index (χ1n) is 7.28. The zero-order valence-electron chi connectivity index (χ0n) is 12.1. The number of likely N-dealkylation sites (tertiary alicyclic amines) is 1. The fraction of sp³-hybridized carbons (Fsp3) is 0.769. The highest BCUT2D eigenvalue weighted by molar-refractivity contribution is 5.85. The summed E-state index contributed by atoms with van der Waals surface area (Å²) in [5.74, 6) is -2.67. The van der Waals surface area contributed by atoms with Crippen LogP contribution in [0.2, 0.25) is 0 Å². The van der Waals surface area contributed by atoms with Crippen molar-refractivity contribution in [3.05, 3.63) is 12.4 Å². The van der Waals surface area contributed by atoms with Crippen molar-refractivity contribution in [2.45, 2.75) is 37.8 Å². The van der Waals surface area contributed by atoms with Crippen LogP contribution in [-0.4, -0.2) is 57.4 Å². The van der Waals surface area contributed by atoms with E-state index in [0.29, 0.717) is 25.6 Å². The third kappa shape index (κ3) is 3.92. The molecule has 2 unspecified atom stereocenters. The molecule has 1 N–H and O–H groups in total. The molecule has 2 aliphatic heterocycles. The van der Waals surface area contributed by atoms with Crippen LogP contribution in [0.25, 0.3) is 0 Å². The predicted molar refractivity (Wildman–Crippen MR) is 77.9 cm³/mol. The second-order valence-corrected chi connectivity index (χ2v) is 5.91. The molecular formula is C13H20ClF2N5O. The topological polar surface area (TPSA) is 63.1 Å². The number of rotatable bonds is 3. The largest absolute Gasteiger partial charge is 0.341 e. The number of nitrogens with one attached hydrogen (secondary N) is 1. The van der Waals surface area contributed by atoms with Gasteiger partial charge >= 0.3 is 0 Å². The third-order valence-electron chi connectivity index (χ3n) is 4.16. The molecule has 9 heteroatoms. The number of carbonyl (C=O) groups excluding carboxylic acids is 1. The van der Waals surface area contributed by atoms with Gasteiger partial charge in [0.15, 0.2) is 0 Å². The summed E-state index contributed by atoms with van der Waals surface area (Å²) in [6.07, 6.45) is 4.93. The lowest BCUT2D eigenvalue weighted by Crippen LogP contribution is -2.48. The Balaban J connectivity index is 0.00000176. The number of alkyl halides is 2. The van der Waals surface area contributed by atoms with Gasteiger partial charge in [0, 0.05) is 32.3 Å². The monoisotopic (exact) mass is 335 g/mol. The first-order chi connectivity index (χ1) is 10.0. The fourth-order valence-corrected chi connectivity index (χ4v) is 3.12. The van der Waals surface area contributed by atoms with Crippen molar-refractivity contribution in [2.75, 3.05) is 19.6 Å². The predicted octanol–water partition coefficient (Wildman–Crippen LogP) is 0.936. The minimum Gasteiger partial charge on any atom is -0.341 e. The normalized spacial score (nSPS) is 27.5. The van der Waals surface area contributed by atoms with Gasteiger partial charge in [-0.15, -0.1) is 17.5 Å². The van der Waals surface area contributed by atoms with Crippen LogP contribution in [0.3, 0.4) is 0 Å². The van der Waals surface area contributed by atoms with Gasteiger partial charge < -0.3 is 4.90 Å². The maximum Gasteiger partial charge on any atom is 0.262 e. The van der Waals surface area contributed by atoms with Crippen molar-refractivity contribution in [3.63, 3.8) is 0 Å². The zero-order chi connectivity index (χ0) is 14.9. The van der Waals surface area contributed by atoms with E-state index in [0.717, 1.165) is 12.8 Å². The number of halogens is 3. The second kappa shape index (κ2) is 6.87. The number of aromatic nitrogens is 3. The molecule has 0 spiro atoms. The lowest BCUT2D eigenvalue weighted by Gasteiger charge is -2.34. The molecule has 1 aromatic heterocycles. The lowest BCUT2D eigenvalue weighted by molar-refractivity contribution is -0.135. The highest BCUT2D eigenvalue weighted by atomic mass is 35.5. The Kier molecular flexibility index (Phi) is 5.33. The molecule has 3 rings (SSSR count). The van der Waals surface area contributed by atoms with Crippen molar-refractivity contribution >= 4 is 18.3 Å². The van der Waals surface area contributed by atoms with Crippen molar-refractivity contribution in [1.29, 1.82) is 0 Å². The standard InChI is InChI=1S/C13H19F2N5O.ClH/c14-13(15)6-11(16-9-13)12(21)19-4-1-2-10(7-19)8-20-5-3-17-18-20;/h3,5,10-11,16H,1-2,4,6-9H2;1H. The molecule has 6 nitrogen and oxygen atoms in total. The summed E-state index contributed by atoms with van der Waals surface area (Å²) in [4.78, 5) is 14.0. The van der Waals surface area contributed by atoms with Crippen LogP contribution in [0.1, 0.15) is 19.3 Å². The average molecular weight is 336 g/mol. The molecule has 2 aliphatic rings. The first-order valence-corrected chi connectivity index (χ1v) is 7.28. The smallest absolute Gasteiger partial charge is 0.262 e. The molecule has 1 amide bonds. The highest BCUT2D eigenvalue weighted by Crippen LogP contribution is 2.27. The summed E-state index contributed by atoms with van der Waals surface area (Å²) < 4.78 is 28.1. The first kappa shape index (κ1) is 17.1. The Morgan fingerprint density at radius 3 is 2.91 bits per heavy atom. The van der Waals surface area contributed by atoms with E-state index in [-0.39, 0.29) is 18.3 Å². The van der Waals surface area contributed by atoms with Gasteiger partial charge in [0.25, 0.3) is 5.92 Å². The van der Waals surface area contributed by atoms with E-state index in [1.54, 1.807) is 22.0 Å². The van der Waals surface area contributed by atoms with E-state index in [4.69, 9.17) is 0 Å². The summed E-state index contributed by atoms with van der Waals surface area (Å²) in [7, 11) is 0. The molecular weight excluding hydrogens is 316 g/mol. The van der Waals surface area contributed by atoms with E-state index in [2.05, 4.69) is 15.6 Å². The highest BCUT2D eigenvalue weighted by Gasteiger charge is 2.44. The van der Waals surface area contributed by atoms with Crippen LogP contribution in [0, 0.1) is 5.92 Å². The van der Waals surface area contributed by atoms with Gasteiger partial charge in [-0.25, -0.2) is 8.78 Å². The van der Waals surface area contributed by atoms with Gasteiger partial charge in [-0.05, 0) is 18.8 Å².